The Balaban J connectivity index is 2.36. The smallest absolute Gasteiger partial charge is 0.183 e. The maximum Gasteiger partial charge on any atom is 0.183 e. The molecule has 0 saturated carbocycles. The zero-order valence-electron chi connectivity index (χ0n) is 10.8. The van der Waals surface area contributed by atoms with Gasteiger partial charge in [-0.15, -0.1) is 10.2 Å². The van der Waals surface area contributed by atoms with Crippen molar-refractivity contribution in [1.29, 1.82) is 0 Å². The highest BCUT2D eigenvalue weighted by Crippen LogP contribution is 2.25. The highest BCUT2D eigenvalue weighted by atomic mass is 16.5. The Kier molecular flexibility index (Phi) is 3.57. The summed E-state index contributed by atoms with van der Waals surface area (Å²) in [5, 5.41) is 12.1. The van der Waals surface area contributed by atoms with Gasteiger partial charge in [0.2, 0.25) is 0 Å². The second kappa shape index (κ2) is 5.14. The molecule has 0 aliphatic rings. The van der Waals surface area contributed by atoms with Crippen LogP contribution in [0.25, 0.3) is 0 Å². The van der Waals surface area contributed by atoms with Crippen LogP contribution in [0.5, 0.6) is 5.75 Å². The number of tetrazole rings is 1. The minimum Gasteiger partial charge on any atom is -0.496 e. The number of nitrogens with two attached hydrogens (primary N) is 1. The van der Waals surface area contributed by atoms with Crippen LogP contribution in [-0.4, -0.2) is 33.9 Å². The summed E-state index contributed by atoms with van der Waals surface area (Å²) in [6, 6.07) is 5.97. The van der Waals surface area contributed by atoms with Crippen molar-refractivity contribution in [2.45, 2.75) is 12.8 Å². The number of rotatable bonds is 4. The predicted molar refractivity (Wildman–Crippen MR) is 67.4 cm³/mol. The fourth-order valence-electron chi connectivity index (χ4n) is 1.95. The summed E-state index contributed by atoms with van der Waals surface area (Å²) >= 11 is 0. The van der Waals surface area contributed by atoms with Crippen molar-refractivity contribution in [2.24, 2.45) is 12.8 Å². The molecule has 0 spiro atoms. The van der Waals surface area contributed by atoms with Gasteiger partial charge in [-0.2, -0.15) is 4.80 Å². The van der Waals surface area contributed by atoms with Crippen molar-refractivity contribution in [3.63, 3.8) is 0 Å². The molecule has 18 heavy (non-hydrogen) atoms. The standard InChI is InChI=1S/C12H17N5O/c1-8-6-9(4-5-11(8)18-3)10(7-13)12-14-16-17(2)15-12/h4-6,10H,7,13H2,1-3H3. The molecule has 1 aromatic carbocycles. The van der Waals surface area contributed by atoms with E-state index in [1.807, 2.05) is 25.1 Å². The van der Waals surface area contributed by atoms with Crippen LogP contribution in [0.15, 0.2) is 18.2 Å². The summed E-state index contributed by atoms with van der Waals surface area (Å²) in [4.78, 5) is 1.44. The Labute approximate surface area is 106 Å². The summed E-state index contributed by atoms with van der Waals surface area (Å²) in [7, 11) is 3.40. The first-order chi connectivity index (χ1) is 8.65. The van der Waals surface area contributed by atoms with Gasteiger partial charge in [0.05, 0.1) is 20.1 Å². The van der Waals surface area contributed by atoms with Crippen LogP contribution in [-0.2, 0) is 7.05 Å². The molecule has 0 radical (unpaired) electrons. The number of methoxy groups -OCH3 is 1. The molecular weight excluding hydrogens is 230 g/mol. The number of aromatic nitrogens is 4. The minimum atomic E-state index is -0.0386. The number of aryl methyl sites for hydroxylation is 2. The molecule has 96 valence electrons. The Morgan fingerprint density at radius 2 is 2.22 bits per heavy atom. The molecule has 2 rings (SSSR count). The lowest BCUT2D eigenvalue weighted by Crippen LogP contribution is -2.16. The van der Waals surface area contributed by atoms with E-state index in [9.17, 15) is 0 Å². The van der Waals surface area contributed by atoms with E-state index in [-0.39, 0.29) is 5.92 Å². The molecule has 1 heterocycles. The van der Waals surface area contributed by atoms with Crippen molar-refractivity contribution in [2.75, 3.05) is 13.7 Å². The van der Waals surface area contributed by atoms with Gasteiger partial charge in [-0.1, -0.05) is 12.1 Å². The molecule has 6 nitrogen and oxygen atoms in total. The fourth-order valence-corrected chi connectivity index (χ4v) is 1.95. The van der Waals surface area contributed by atoms with Gasteiger partial charge >= 0.3 is 0 Å². The fraction of sp³-hybridized carbons (Fsp3) is 0.417. The van der Waals surface area contributed by atoms with Gasteiger partial charge < -0.3 is 10.5 Å². The van der Waals surface area contributed by atoms with E-state index in [2.05, 4.69) is 15.4 Å². The monoisotopic (exact) mass is 247 g/mol. The lowest BCUT2D eigenvalue weighted by Gasteiger charge is -2.13. The Hall–Kier alpha value is -1.95. The van der Waals surface area contributed by atoms with Gasteiger partial charge in [0, 0.05) is 6.54 Å². The molecule has 0 aliphatic heterocycles. The highest BCUT2D eigenvalue weighted by molar-refractivity contribution is 5.39. The van der Waals surface area contributed by atoms with Gasteiger partial charge in [-0.3, -0.25) is 0 Å². The van der Waals surface area contributed by atoms with Crippen molar-refractivity contribution in [3.8, 4) is 5.75 Å². The van der Waals surface area contributed by atoms with Crippen molar-refractivity contribution >= 4 is 0 Å². The van der Waals surface area contributed by atoms with Gasteiger partial charge in [0.1, 0.15) is 5.75 Å². The van der Waals surface area contributed by atoms with E-state index in [0.29, 0.717) is 12.4 Å². The van der Waals surface area contributed by atoms with Crippen LogP contribution in [0.3, 0.4) is 0 Å². The third kappa shape index (κ3) is 2.33. The second-order valence-corrected chi connectivity index (χ2v) is 4.15. The molecule has 0 fully saturated rings. The predicted octanol–water partition coefficient (Wildman–Crippen LogP) is 0.618. The van der Waals surface area contributed by atoms with Crippen molar-refractivity contribution < 1.29 is 4.74 Å². The normalized spacial score (nSPS) is 12.4. The maximum atomic E-state index is 5.82. The van der Waals surface area contributed by atoms with E-state index in [1.165, 1.54) is 4.80 Å². The average Bonchev–Trinajstić information content (AvgIpc) is 2.77. The Morgan fingerprint density at radius 1 is 1.44 bits per heavy atom. The molecule has 1 unspecified atom stereocenters. The Morgan fingerprint density at radius 3 is 2.72 bits per heavy atom. The third-order valence-corrected chi connectivity index (χ3v) is 2.89. The van der Waals surface area contributed by atoms with E-state index >= 15 is 0 Å². The molecule has 6 heteroatoms. The van der Waals surface area contributed by atoms with Crippen LogP contribution >= 0.6 is 0 Å². The van der Waals surface area contributed by atoms with E-state index in [1.54, 1.807) is 14.2 Å². The third-order valence-electron chi connectivity index (χ3n) is 2.89. The van der Waals surface area contributed by atoms with E-state index in [4.69, 9.17) is 10.5 Å². The summed E-state index contributed by atoms with van der Waals surface area (Å²) in [5.74, 6) is 1.47. The number of hydrogen-bond donors (Lipinski definition) is 1. The summed E-state index contributed by atoms with van der Waals surface area (Å²) < 4.78 is 5.24. The van der Waals surface area contributed by atoms with Crippen molar-refractivity contribution in [3.05, 3.63) is 35.2 Å². The quantitative estimate of drug-likeness (QED) is 0.856. The first-order valence-electron chi connectivity index (χ1n) is 5.74. The molecular formula is C12H17N5O. The van der Waals surface area contributed by atoms with Crippen LogP contribution in [0.1, 0.15) is 22.9 Å². The number of hydrogen-bond acceptors (Lipinski definition) is 5. The van der Waals surface area contributed by atoms with E-state index < -0.39 is 0 Å². The summed E-state index contributed by atoms with van der Waals surface area (Å²) in [5.41, 5.74) is 7.96. The average molecular weight is 247 g/mol. The molecule has 2 aromatic rings. The van der Waals surface area contributed by atoms with Gasteiger partial charge in [-0.25, -0.2) is 0 Å². The molecule has 2 N–H and O–H groups in total. The lowest BCUT2D eigenvalue weighted by atomic mass is 9.96. The first kappa shape index (κ1) is 12.5. The van der Waals surface area contributed by atoms with Crippen LogP contribution < -0.4 is 10.5 Å². The lowest BCUT2D eigenvalue weighted by molar-refractivity contribution is 0.411. The van der Waals surface area contributed by atoms with E-state index in [0.717, 1.165) is 16.9 Å². The van der Waals surface area contributed by atoms with Crippen molar-refractivity contribution in [1.82, 2.24) is 20.2 Å². The highest BCUT2D eigenvalue weighted by Gasteiger charge is 2.18. The number of nitrogens with zero attached hydrogens (tertiary/aromatic N) is 4. The Bertz CT molecular complexity index is 537. The molecule has 0 aliphatic carbocycles. The van der Waals surface area contributed by atoms with Crippen LogP contribution in [0, 0.1) is 6.92 Å². The molecule has 1 atom stereocenters. The second-order valence-electron chi connectivity index (χ2n) is 4.15. The zero-order chi connectivity index (χ0) is 13.1. The topological polar surface area (TPSA) is 78.9 Å². The van der Waals surface area contributed by atoms with Gasteiger partial charge in [0.25, 0.3) is 0 Å². The molecule has 0 bridgehead atoms. The zero-order valence-corrected chi connectivity index (χ0v) is 10.8. The van der Waals surface area contributed by atoms with Crippen LogP contribution in [0.2, 0.25) is 0 Å². The van der Waals surface area contributed by atoms with Gasteiger partial charge in [-0.05, 0) is 29.3 Å². The SMILES string of the molecule is COc1ccc(C(CN)c2nnn(C)n2)cc1C. The number of ether oxygens (including phenoxy) is 1. The summed E-state index contributed by atoms with van der Waals surface area (Å²) in [6.45, 7) is 2.44. The number of benzene rings is 1. The molecule has 0 saturated heterocycles. The largest absolute Gasteiger partial charge is 0.496 e. The summed E-state index contributed by atoms with van der Waals surface area (Å²) in [6.07, 6.45) is 0. The van der Waals surface area contributed by atoms with Gasteiger partial charge in [0.15, 0.2) is 5.82 Å². The molecule has 0 amide bonds. The molecule has 1 aromatic heterocycles. The van der Waals surface area contributed by atoms with Crippen LogP contribution in [0.4, 0.5) is 0 Å². The minimum absolute atomic E-state index is 0.0386. The maximum absolute atomic E-state index is 5.82. The first-order valence-corrected chi connectivity index (χ1v) is 5.74.